The Morgan fingerprint density at radius 1 is 0.907 bits per heavy atom. The molecule has 1 unspecified atom stereocenters. The van der Waals surface area contributed by atoms with Gasteiger partial charge in [0.05, 0.1) is 7.11 Å². The van der Waals surface area contributed by atoms with Crippen LogP contribution in [0.4, 0.5) is 27.6 Å². The number of nitrogens with zero attached hydrogens (tertiary/aromatic N) is 2. The van der Waals surface area contributed by atoms with E-state index in [9.17, 15) is 22.0 Å². The van der Waals surface area contributed by atoms with Crippen LogP contribution in [0, 0.1) is 34.5 Å². The van der Waals surface area contributed by atoms with Crippen LogP contribution in [0.25, 0.3) is 0 Å². The van der Waals surface area contributed by atoms with Gasteiger partial charge in [-0.1, -0.05) is 45.9 Å². The van der Waals surface area contributed by atoms with E-state index in [-0.39, 0.29) is 12.6 Å². The van der Waals surface area contributed by atoms with E-state index in [1.807, 2.05) is 45.6 Å². The third-order valence-electron chi connectivity index (χ3n) is 6.75. The highest BCUT2D eigenvalue weighted by Crippen LogP contribution is 2.51. The fraction of sp³-hybridized carbons (Fsp3) is 0.333. The Balaban J connectivity index is 0.00000155. The van der Waals surface area contributed by atoms with E-state index in [0.717, 1.165) is 0 Å². The lowest BCUT2D eigenvalue weighted by molar-refractivity contribution is 0.317. The molecular formula is C33H38F5N3O2. The summed E-state index contributed by atoms with van der Waals surface area (Å²) < 4.78 is 82.1. The molecule has 1 atom stereocenters. The van der Waals surface area contributed by atoms with Crippen LogP contribution in [0.5, 0.6) is 5.75 Å². The molecular weight excluding hydrogens is 565 g/mol. The first-order valence-electron chi connectivity index (χ1n) is 14.1. The van der Waals surface area contributed by atoms with Crippen LogP contribution in [0.3, 0.4) is 0 Å². The van der Waals surface area contributed by atoms with E-state index in [4.69, 9.17) is 14.9 Å². The van der Waals surface area contributed by atoms with Crippen LogP contribution in [0.1, 0.15) is 58.2 Å². The maximum absolute atomic E-state index is 14.8. The summed E-state index contributed by atoms with van der Waals surface area (Å²) in [6, 6.07) is 14.0. The third-order valence-corrected chi connectivity index (χ3v) is 6.75. The topological polar surface area (TPSA) is 57.9 Å². The lowest BCUT2D eigenvalue weighted by atomic mass is 9.76. The molecule has 0 saturated heterocycles. The number of fused-ring (bicyclic) bond motifs is 1. The van der Waals surface area contributed by atoms with Crippen molar-refractivity contribution in [1.29, 1.82) is 5.41 Å². The average molecular weight is 604 g/mol. The fourth-order valence-electron chi connectivity index (χ4n) is 4.79. The van der Waals surface area contributed by atoms with Gasteiger partial charge in [0, 0.05) is 40.7 Å². The van der Waals surface area contributed by atoms with Crippen LogP contribution in [0.15, 0.2) is 65.3 Å². The SMILES string of the molecule is CC.CC.CCN1/C(=C\C=N/COC(=N)c2ccccc2)C(C)(Cc2c(F)c(F)c(F)c(F)c2F)c2cc(OC)ccc21. The molecule has 1 heterocycles. The number of likely N-dealkylation sites (N-methyl/N-ethyl adjacent to an activating group) is 1. The number of benzene rings is 3. The highest BCUT2D eigenvalue weighted by molar-refractivity contribution is 5.91. The number of hydrogen-bond donors (Lipinski definition) is 1. The Morgan fingerprint density at radius 2 is 1.49 bits per heavy atom. The minimum Gasteiger partial charge on any atom is -0.497 e. The standard InChI is InChI=1S/C29H26F5N3O2.2C2H6/c1-4-37-21-11-10-18(38-3)14-20(21)29(2,15-19-23(30)25(32)27(34)26(33)24(19)31)22(37)12-13-36-16-39-28(35)17-8-6-5-7-9-17;2*1-2/h5-14,35H,4,15-16H2,1-3H3;2*1-2H3/b22-12-,35-28?,36-13-;;. The summed E-state index contributed by atoms with van der Waals surface area (Å²) in [6.07, 6.45) is 2.51. The van der Waals surface area contributed by atoms with Crippen molar-refractivity contribution < 1.29 is 31.4 Å². The second-order valence-corrected chi connectivity index (χ2v) is 9.04. The molecule has 1 N–H and O–H groups in total. The molecule has 0 spiro atoms. The minimum absolute atomic E-state index is 0.0629. The van der Waals surface area contributed by atoms with Crippen LogP contribution in [0.2, 0.25) is 0 Å². The number of halogens is 5. The largest absolute Gasteiger partial charge is 0.497 e. The first-order valence-corrected chi connectivity index (χ1v) is 14.1. The van der Waals surface area contributed by atoms with Crippen LogP contribution >= 0.6 is 0 Å². The molecule has 4 rings (SSSR count). The quantitative estimate of drug-likeness (QED) is 0.0921. The summed E-state index contributed by atoms with van der Waals surface area (Å²) in [7, 11) is 1.46. The number of ether oxygens (including phenoxy) is 2. The molecule has 1 aliphatic rings. The maximum atomic E-state index is 14.8. The van der Waals surface area contributed by atoms with E-state index < -0.39 is 46.5 Å². The first-order chi connectivity index (χ1) is 20.6. The monoisotopic (exact) mass is 603 g/mol. The second kappa shape index (κ2) is 15.9. The summed E-state index contributed by atoms with van der Waals surface area (Å²) in [5.74, 6) is -9.52. The lowest BCUT2D eigenvalue weighted by Crippen LogP contribution is -2.32. The molecule has 1 aliphatic heterocycles. The fourth-order valence-corrected chi connectivity index (χ4v) is 4.79. The highest BCUT2D eigenvalue weighted by atomic mass is 19.2. The van der Waals surface area contributed by atoms with Gasteiger partial charge in [-0.2, -0.15) is 0 Å². The van der Waals surface area contributed by atoms with E-state index in [0.29, 0.717) is 34.8 Å². The maximum Gasteiger partial charge on any atom is 0.215 e. The number of methoxy groups -OCH3 is 1. The zero-order chi connectivity index (χ0) is 32.3. The first kappa shape index (κ1) is 35.0. The van der Waals surface area contributed by atoms with Gasteiger partial charge in [0.25, 0.3) is 0 Å². The molecule has 0 radical (unpaired) electrons. The highest BCUT2D eigenvalue weighted by Gasteiger charge is 2.45. The molecule has 43 heavy (non-hydrogen) atoms. The Kier molecular flexibility index (Phi) is 12.9. The normalized spacial score (nSPS) is 16.3. The molecule has 232 valence electrons. The number of hydrogen-bond acceptors (Lipinski definition) is 5. The molecule has 10 heteroatoms. The second-order valence-electron chi connectivity index (χ2n) is 9.04. The predicted octanol–water partition coefficient (Wildman–Crippen LogP) is 8.74. The minimum atomic E-state index is -2.20. The predicted molar refractivity (Wildman–Crippen MR) is 162 cm³/mol. The van der Waals surface area contributed by atoms with Gasteiger partial charge >= 0.3 is 0 Å². The summed E-state index contributed by atoms with van der Waals surface area (Å²) >= 11 is 0. The Labute approximate surface area is 250 Å². The molecule has 0 aromatic heterocycles. The summed E-state index contributed by atoms with van der Waals surface area (Å²) in [5.41, 5.74) is 0.267. The molecule has 3 aromatic carbocycles. The van der Waals surface area contributed by atoms with Crippen molar-refractivity contribution in [3.63, 3.8) is 0 Å². The number of allylic oxidation sites excluding steroid dienone is 2. The smallest absolute Gasteiger partial charge is 0.215 e. The summed E-state index contributed by atoms with van der Waals surface area (Å²) in [4.78, 5) is 6.05. The van der Waals surface area contributed by atoms with Crippen molar-refractivity contribution in [3.8, 4) is 5.75 Å². The molecule has 0 aliphatic carbocycles. The zero-order valence-corrected chi connectivity index (χ0v) is 25.5. The van der Waals surface area contributed by atoms with Gasteiger partial charge in [-0.25, -0.2) is 22.0 Å². The van der Waals surface area contributed by atoms with Gasteiger partial charge in [-0.3, -0.25) is 10.4 Å². The molecule has 0 saturated carbocycles. The average Bonchev–Trinajstić information content (AvgIpc) is 3.29. The van der Waals surface area contributed by atoms with Crippen LogP contribution in [-0.2, 0) is 16.6 Å². The molecule has 0 fully saturated rings. The van der Waals surface area contributed by atoms with Crippen molar-refractivity contribution in [3.05, 3.63) is 106 Å². The van der Waals surface area contributed by atoms with E-state index >= 15 is 0 Å². The number of aliphatic imine (C=N–C) groups is 1. The van der Waals surface area contributed by atoms with Gasteiger partial charge < -0.3 is 14.4 Å². The Morgan fingerprint density at radius 3 is 2.05 bits per heavy atom. The van der Waals surface area contributed by atoms with Crippen LogP contribution in [-0.4, -0.2) is 32.5 Å². The summed E-state index contributed by atoms with van der Waals surface area (Å²) in [6.45, 7) is 11.8. The zero-order valence-electron chi connectivity index (χ0n) is 25.5. The van der Waals surface area contributed by atoms with Crippen molar-refractivity contribution in [2.24, 2.45) is 4.99 Å². The van der Waals surface area contributed by atoms with Gasteiger partial charge in [-0.15, -0.1) is 0 Å². The number of nitrogens with one attached hydrogen (secondary N) is 1. The van der Waals surface area contributed by atoms with E-state index in [1.54, 1.807) is 55.5 Å². The van der Waals surface area contributed by atoms with Gasteiger partial charge in [0.2, 0.25) is 11.7 Å². The molecule has 0 amide bonds. The van der Waals surface area contributed by atoms with Crippen molar-refractivity contribution in [2.45, 2.75) is 53.4 Å². The van der Waals surface area contributed by atoms with E-state index in [1.165, 1.54) is 13.3 Å². The van der Waals surface area contributed by atoms with Gasteiger partial charge in [0.1, 0.15) is 5.75 Å². The van der Waals surface area contributed by atoms with Gasteiger partial charge in [-0.05, 0) is 62.2 Å². The van der Waals surface area contributed by atoms with Crippen LogP contribution < -0.4 is 9.64 Å². The van der Waals surface area contributed by atoms with E-state index in [2.05, 4.69) is 4.99 Å². The van der Waals surface area contributed by atoms with Crippen molar-refractivity contribution in [2.75, 3.05) is 25.3 Å². The number of anilines is 1. The molecule has 5 nitrogen and oxygen atoms in total. The summed E-state index contributed by atoms with van der Waals surface area (Å²) in [5, 5.41) is 8.01. The Bertz CT molecular complexity index is 1430. The Hall–Kier alpha value is -4.21. The molecule has 3 aromatic rings. The molecule has 0 bridgehead atoms. The van der Waals surface area contributed by atoms with Gasteiger partial charge in [0.15, 0.2) is 30.0 Å². The van der Waals surface area contributed by atoms with Crippen molar-refractivity contribution in [1.82, 2.24) is 0 Å². The lowest BCUT2D eigenvalue weighted by Gasteiger charge is -2.30. The third kappa shape index (κ3) is 7.24. The number of rotatable bonds is 8. The van der Waals surface area contributed by atoms with Crippen molar-refractivity contribution >= 4 is 17.8 Å².